The van der Waals surface area contributed by atoms with Crippen LogP contribution in [0.25, 0.3) is 0 Å². The van der Waals surface area contributed by atoms with Crippen molar-refractivity contribution in [3.63, 3.8) is 0 Å². The van der Waals surface area contributed by atoms with E-state index in [4.69, 9.17) is 4.74 Å². The van der Waals surface area contributed by atoms with Gasteiger partial charge in [0.2, 0.25) is 0 Å². The molecule has 108 valence electrons. The van der Waals surface area contributed by atoms with Gasteiger partial charge >= 0.3 is 5.97 Å². The summed E-state index contributed by atoms with van der Waals surface area (Å²) < 4.78 is 6.15. The molecule has 1 aromatic rings. The molecule has 1 unspecified atom stereocenters. The van der Waals surface area contributed by atoms with E-state index in [0.717, 1.165) is 10.0 Å². The molecule has 0 spiro atoms. The van der Waals surface area contributed by atoms with Crippen molar-refractivity contribution in [2.24, 2.45) is 0 Å². The van der Waals surface area contributed by atoms with E-state index in [0.29, 0.717) is 12.4 Å². The maximum absolute atomic E-state index is 12.1. The highest BCUT2D eigenvalue weighted by molar-refractivity contribution is 8.01. The van der Waals surface area contributed by atoms with Crippen molar-refractivity contribution in [1.29, 1.82) is 0 Å². The van der Waals surface area contributed by atoms with Gasteiger partial charge in [0, 0.05) is 22.9 Å². The fourth-order valence-corrected chi connectivity index (χ4v) is 3.63. The molecule has 1 heterocycles. The second kappa shape index (κ2) is 7.26. The van der Waals surface area contributed by atoms with Gasteiger partial charge in [0.15, 0.2) is 0 Å². The third-order valence-electron chi connectivity index (χ3n) is 2.42. The van der Waals surface area contributed by atoms with E-state index in [2.05, 4.69) is 10.3 Å². The molecule has 0 saturated carbocycles. The first-order valence-corrected chi connectivity index (χ1v) is 8.23. The number of esters is 1. The normalized spacial score (nSPS) is 14.4. The average Bonchev–Trinajstić information content (AvgIpc) is 2.72. The van der Waals surface area contributed by atoms with E-state index >= 15 is 0 Å². The summed E-state index contributed by atoms with van der Waals surface area (Å²) in [5.41, 5.74) is 0.330. The molecule has 0 aliphatic carbocycles. The van der Waals surface area contributed by atoms with Crippen molar-refractivity contribution in [2.75, 3.05) is 12.4 Å². The molecule has 4 nitrogen and oxygen atoms in total. The second-order valence-electron chi connectivity index (χ2n) is 4.90. The summed E-state index contributed by atoms with van der Waals surface area (Å²) in [6, 6.07) is 0.216. The van der Waals surface area contributed by atoms with Crippen molar-refractivity contribution in [2.45, 2.75) is 50.5 Å². The van der Waals surface area contributed by atoms with Crippen LogP contribution in [0.2, 0.25) is 0 Å². The zero-order chi connectivity index (χ0) is 14.5. The van der Waals surface area contributed by atoms with Crippen LogP contribution in [0.5, 0.6) is 0 Å². The van der Waals surface area contributed by atoms with E-state index in [-0.39, 0.29) is 12.0 Å². The molecular formula is C13H22N2O2S2. The lowest BCUT2D eigenvalue weighted by atomic mass is 10.0. The number of nitrogens with one attached hydrogen (secondary N) is 1. The molecule has 0 aliphatic rings. The molecule has 0 saturated heterocycles. The lowest BCUT2D eigenvalue weighted by Gasteiger charge is -2.30. The van der Waals surface area contributed by atoms with Crippen LogP contribution < -0.4 is 5.32 Å². The number of hydrogen-bond donors (Lipinski definition) is 1. The van der Waals surface area contributed by atoms with E-state index in [1.165, 1.54) is 0 Å². The summed E-state index contributed by atoms with van der Waals surface area (Å²) in [4.78, 5) is 16.5. The first-order valence-electron chi connectivity index (χ1n) is 6.37. The first kappa shape index (κ1) is 16.5. The standard InChI is InChI=1S/C13H22N2O2S2/c1-6-17-11(16)13(5,15-9(2)3)8-19-12-14-10(4)7-18-12/h7,9,15H,6,8H2,1-5H3. The Morgan fingerprint density at radius 3 is 2.79 bits per heavy atom. The predicted molar refractivity (Wildman–Crippen MR) is 80.9 cm³/mol. The Kier molecular flexibility index (Phi) is 6.29. The van der Waals surface area contributed by atoms with Crippen LogP contribution in [-0.2, 0) is 9.53 Å². The van der Waals surface area contributed by atoms with Crippen molar-refractivity contribution in [3.8, 4) is 0 Å². The number of thiazole rings is 1. The number of carbonyl (C=O) groups excluding carboxylic acids is 1. The van der Waals surface area contributed by atoms with E-state index < -0.39 is 5.54 Å². The smallest absolute Gasteiger partial charge is 0.326 e. The molecule has 1 N–H and O–H groups in total. The monoisotopic (exact) mass is 302 g/mol. The number of carbonyl (C=O) groups is 1. The number of hydrogen-bond acceptors (Lipinski definition) is 6. The zero-order valence-corrected chi connectivity index (χ0v) is 13.8. The Balaban J connectivity index is 2.70. The number of ether oxygens (including phenoxy) is 1. The molecule has 0 aromatic carbocycles. The first-order chi connectivity index (χ1) is 8.87. The number of aromatic nitrogens is 1. The van der Waals surface area contributed by atoms with Gasteiger partial charge in [-0.2, -0.15) is 0 Å². The maximum atomic E-state index is 12.1. The fraction of sp³-hybridized carbons (Fsp3) is 0.692. The van der Waals surface area contributed by atoms with E-state index in [9.17, 15) is 4.79 Å². The van der Waals surface area contributed by atoms with Crippen molar-refractivity contribution in [1.82, 2.24) is 10.3 Å². The zero-order valence-electron chi connectivity index (χ0n) is 12.1. The quantitative estimate of drug-likeness (QED) is 0.620. The van der Waals surface area contributed by atoms with Gasteiger partial charge in [0.1, 0.15) is 9.88 Å². The highest BCUT2D eigenvalue weighted by Gasteiger charge is 2.35. The van der Waals surface area contributed by atoms with Crippen LogP contribution in [0.4, 0.5) is 0 Å². The molecule has 1 aromatic heterocycles. The van der Waals surface area contributed by atoms with Crippen molar-refractivity contribution < 1.29 is 9.53 Å². The molecule has 19 heavy (non-hydrogen) atoms. The number of aryl methyl sites for hydroxylation is 1. The third kappa shape index (κ3) is 5.12. The molecule has 0 fully saturated rings. The Bertz CT molecular complexity index is 421. The molecule has 0 aliphatic heterocycles. The summed E-state index contributed by atoms with van der Waals surface area (Å²) >= 11 is 3.19. The van der Waals surface area contributed by atoms with Crippen LogP contribution in [-0.4, -0.2) is 34.9 Å². The molecule has 0 bridgehead atoms. The van der Waals surface area contributed by atoms with Crippen molar-refractivity contribution in [3.05, 3.63) is 11.1 Å². The fourth-order valence-electron chi connectivity index (χ4n) is 1.69. The molecule has 0 radical (unpaired) electrons. The Labute approximate surface area is 123 Å². The van der Waals surface area contributed by atoms with Crippen LogP contribution in [0, 0.1) is 6.92 Å². The Morgan fingerprint density at radius 2 is 2.32 bits per heavy atom. The van der Waals surface area contributed by atoms with Gasteiger partial charge in [-0.05, 0) is 34.6 Å². The number of rotatable bonds is 7. The average molecular weight is 302 g/mol. The van der Waals surface area contributed by atoms with Crippen LogP contribution in [0.1, 0.15) is 33.4 Å². The summed E-state index contributed by atoms with van der Waals surface area (Å²) in [5, 5.41) is 5.31. The van der Waals surface area contributed by atoms with Crippen LogP contribution in [0.3, 0.4) is 0 Å². The minimum absolute atomic E-state index is 0.204. The van der Waals surface area contributed by atoms with Gasteiger partial charge < -0.3 is 4.74 Å². The number of nitrogens with zero attached hydrogens (tertiary/aromatic N) is 1. The number of thioether (sulfide) groups is 1. The van der Waals surface area contributed by atoms with Gasteiger partial charge in [-0.15, -0.1) is 11.3 Å². The molecule has 1 atom stereocenters. The van der Waals surface area contributed by atoms with Crippen molar-refractivity contribution >= 4 is 29.1 Å². The Hall–Kier alpha value is -0.590. The van der Waals surface area contributed by atoms with Gasteiger partial charge in [-0.1, -0.05) is 11.8 Å². The molecule has 0 amide bonds. The lowest BCUT2D eigenvalue weighted by molar-refractivity contribution is -0.149. The predicted octanol–water partition coefficient (Wildman–Crippen LogP) is 2.86. The van der Waals surface area contributed by atoms with Crippen LogP contribution >= 0.6 is 23.1 Å². The van der Waals surface area contributed by atoms with E-state index in [1.54, 1.807) is 23.1 Å². The van der Waals surface area contributed by atoms with Gasteiger partial charge in [-0.3, -0.25) is 10.1 Å². The maximum Gasteiger partial charge on any atom is 0.326 e. The van der Waals surface area contributed by atoms with Gasteiger partial charge in [-0.25, -0.2) is 4.98 Å². The minimum atomic E-state index is -0.686. The van der Waals surface area contributed by atoms with Gasteiger partial charge in [0.25, 0.3) is 0 Å². The van der Waals surface area contributed by atoms with E-state index in [1.807, 2.05) is 40.0 Å². The highest BCUT2D eigenvalue weighted by atomic mass is 32.2. The molecule has 6 heteroatoms. The molecule has 1 rings (SSSR count). The summed E-state index contributed by atoms with van der Waals surface area (Å²) in [7, 11) is 0. The van der Waals surface area contributed by atoms with Gasteiger partial charge in [0.05, 0.1) is 6.61 Å². The topological polar surface area (TPSA) is 51.2 Å². The lowest BCUT2D eigenvalue weighted by Crippen LogP contribution is -2.55. The third-order valence-corrected chi connectivity index (χ3v) is 4.87. The SMILES string of the molecule is CCOC(=O)C(C)(CSc1nc(C)cs1)NC(C)C. The molecular weight excluding hydrogens is 280 g/mol. The highest BCUT2D eigenvalue weighted by Crippen LogP contribution is 2.26. The second-order valence-corrected chi connectivity index (χ2v) is 6.98. The summed E-state index contributed by atoms with van der Waals surface area (Å²) in [6.07, 6.45) is 0. The van der Waals surface area contributed by atoms with Crippen LogP contribution in [0.15, 0.2) is 9.72 Å². The summed E-state index contributed by atoms with van der Waals surface area (Å²) in [5.74, 6) is 0.404. The summed E-state index contributed by atoms with van der Waals surface area (Å²) in [6.45, 7) is 10.1. The minimum Gasteiger partial charge on any atom is -0.465 e. The largest absolute Gasteiger partial charge is 0.465 e. The Morgan fingerprint density at radius 1 is 1.63 bits per heavy atom.